The molecule has 1 saturated heterocycles. The number of hydrogen-bond acceptors (Lipinski definition) is 3. The molecule has 1 aromatic rings. The number of benzene rings is 1. The molecule has 2 N–H and O–H groups in total. The summed E-state index contributed by atoms with van der Waals surface area (Å²) in [5.74, 6) is -0.277. The lowest BCUT2D eigenvalue weighted by atomic mass is 9.89. The third-order valence-electron chi connectivity index (χ3n) is 3.54. The maximum absolute atomic E-state index is 11.4. The Morgan fingerprint density at radius 2 is 2.28 bits per heavy atom. The van der Waals surface area contributed by atoms with Gasteiger partial charge in [0.2, 0.25) is 5.91 Å². The molecule has 1 aliphatic heterocycles. The summed E-state index contributed by atoms with van der Waals surface area (Å²) in [6.07, 6.45) is 1.46. The maximum atomic E-state index is 11.4. The Bertz CT molecular complexity index is 504. The molecule has 2 rings (SSSR count). The van der Waals surface area contributed by atoms with E-state index in [1.165, 1.54) is 0 Å². The van der Waals surface area contributed by atoms with Gasteiger partial charge in [0.1, 0.15) is 0 Å². The van der Waals surface area contributed by atoms with Crippen LogP contribution in [0.4, 0.5) is 5.69 Å². The first kappa shape index (κ1) is 12.9. The number of carbonyl (C=O) groups is 2. The van der Waals surface area contributed by atoms with Gasteiger partial charge in [0.05, 0.1) is 10.4 Å². The summed E-state index contributed by atoms with van der Waals surface area (Å²) in [5.41, 5.74) is 6.30. The van der Waals surface area contributed by atoms with Crippen LogP contribution in [0.1, 0.15) is 23.7 Å². The van der Waals surface area contributed by atoms with Crippen molar-refractivity contribution < 1.29 is 9.59 Å². The lowest BCUT2D eigenvalue weighted by Crippen LogP contribution is -2.37. The van der Waals surface area contributed by atoms with Crippen LogP contribution in [0.2, 0.25) is 5.02 Å². The molecule has 96 valence electrons. The summed E-state index contributed by atoms with van der Waals surface area (Å²) in [5, 5.41) is 0.426. The summed E-state index contributed by atoms with van der Waals surface area (Å²) in [7, 11) is 0. The maximum Gasteiger partial charge on any atom is 0.225 e. The first-order valence-corrected chi connectivity index (χ1v) is 6.14. The minimum absolute atomic E-state index is 0.277. The smallest absolute Gasteiger partial charge is 0.225 e. The van der Waals surface area contributed by atoms with Crippen molar-refractivity contribution >= 4 is 29.5 Å². The third-order valence-corrected chi connectivity index (χ3v) is 3.87. The van der Waals surface area contributed by atoms with Crippen molar-refractivity contribution in [1.82, 2.24) is 0 Å². The lowest BCUT2D eigenvalue weighted by Gasteiger charge is -2.22. The summed E-state index contributed by atoms with van der Waals surface area (Å²) >= 11 is 5.99. The molecule has 1 aliphatic rings. The zero-order valence-corrected chi connectivity index (χ0v) is 10.9. The molecule has 1 atom stereocenters. The molecule has 4 nitrogen and oxygen atoms in total. The molecule has 0 radical (unpaired) electrons. The van der Waals surface area contributed by atoms with Gasteiger partial charge in [-0.25, -0.2) is 0 Å². The summed E-state index contributed by atoms with van der Waals surface area (Å²) < 4.78 is 0. The molecule has 0 bridgehead atoms. The minimum Gasteiger partial charge on any atom is -0.370 e. The van der Waals surface area contributed by atoms with Gasteiger partial charge in [-0.15, -0.1) is 0 Å². The van der Waals surface area contributed by atoms with E-state index in [4.69, 9.17) is 17.3 Å². The molecule has 1 aromatic carbocycles. The average Bonchev–Trinajstić information content (AvgIpc) is 2.73. The van der Waals surface area contributed by atoms with Crippen LogP contribution in [-0.4, -0.2) is 25.3 Å². The molecule has 0 aliphatic carbocycles. The molecule has 18 heavy (non-hydrogen) atoms. The number of carbonyl (C=O) groups excluding carboxylic acids is 2. The van der Waals surface area contributed by atoms with Crippen LogP contribution < -0.4 is 10.6 Å². The van der Waals surface area contributed by atoms with Crippen molar-refractivity contribution in [2.45, 2.75) is 13.3 Å². The second-order valence-electron chi connectivity index (χ2n) is 4.92. The average molecular weight is 267 g/mol. The van der Waals surface area contributed by atoms with Gasteiger partial charge in [-0.3, -0.25) is 9.59 Å². The van der Waals surface area contributed by atoms with Crippen molar-refractivity contribution in [3.8, 4) is 0 Å². The number of aldehydes is 1. The van der Waals surface area contributed by atoms with Crippen molar-refractivity contribution in [2.75, 3.05) is 18.0 Å². The van der Waals surface area contributed by atoms with E-state index in [1.807, 2.05) is 13.0 Å². The molecule has 1 amide bonds. The number of nitrogens with two attached hydrogens (primary N) is 1. The van der Waals surface area contributed by atoms with Gasteiger partial charge in [0.25, 0.3) is 0 Å². The quantitative estimate of drug-likeness (QED) is 0.850. The van der Waals surface area contributed by atoms with Crippen LogP contribution >= 0.6 is 11.6 Å². The van der Waals surface area contributed by atoms with Crippen LogP contribution in [0.25, 0.3) is 0 Å². The number of primary amides is 1. The highest BCUT2D eigenvalue weighted by Crippen LogP contribution is 2.34. The fraction of sp³-hybridized carbons (Fsp3) is 0.385. The number of amides is 1. The van der Waals surface area contributed by atoms with E-state index in [9.17, 15) is 9.59 Å². The monoisotopic (exact) mass is 266 g/mol. The van der Waals surface area contributed by atoms with Gasteiger partial charge in [-0.2, -0.15) is 0 Å². The molecular formula is C13H15ClN2O2. The van der Waals surface area contributed by atoms with Crippen LogP contribution in [0, 0.1) is 5.41 Å². The predicted molar refractivity (Wildman–Crippen MR) is 71.0 cm³/mol. The zero-order valence-electron chi connectivity index (χ0n) is 10.1. The highest BCUT2D eigenvalue weighted by atomic mass is 35.5. The molecule has 0 saturated carbocycles. The molecular weight excluding hydrogens is 252 g/mol. The van der Waals surface area contributed by atoms with E-state index in [-0.39, 0.29) is 5.91 Å². The standard InChI is InChI=1S/C13H15ClN2O2/c1-13(12(15)18)4-5-16(8-13)10-3-2-9(7-17)11(14)6-10/h2-3,6-7H,4-5,8H2,1H3,(H2,15,18). The van der Waals surface area contributed by atoms with Crippen molar-refractivity contribution in [3.63, 3.8) is 0 Å². The first-order chi connectivity index (χ1) is 8.46. The van der Waals surface area contributed by atoms with E-state index in [2.05, 4.69) is 4.90 Å². The van der Waals surface area contributed by atoms with Gasteiger partial charge in [0, 0.05) is 24.3 Å². The summed E-state index contributed by atoms with van der Waals surface area (Å²) in [6.45, 7) is 3.21. The number of rotatable bonds is 3. The predicted octanol–water partition coefficient (Wildman–Crippen LogP) is 1.85. The Hall–Kier alpha value is -1.55. The van der Waals surface area contributed by atoms with Crippen LogP contribution in [0.5, 0.6) is 0 Å². The van der Waals surface area contributed by atoms with Crippen LogP contribution in [0.15, 0.2) is 18.2 Å². The Labute approximate surface area is 111 Å². The highest BCUT2D eigenvalue weighted by Gasteiger charge is 2.38. The third kappa shape index (κ3) is 2.20. The Kier molecular flexibility index (Phi) is 3.30. The summed E-state index contributed by atoms with van der Waals surface area (Å²) in [6, 6.07) is 5.27. The first-order valence-electron chi connectivity index (χ1n) is 5.76. The number of anilines is 1. The van der Waals surface area contributed by atoms with E-state index in [1.54, 1.807) is 12.1 Å². The topological polar surface area (TPSA) is 63.4 Å². The molecule has 0 aromatic heterocycles. The fourth-order valence-corrected chi connectivity index (χ4v) is 2.41. The van der Waals surface area contributed by atoms with Gasteiger partial charge in [-0.05, 0) is 31.5 Å². The second-order valence-corrected chi connectivity index (χ2v) is 5.33. The van der Waals surface area contributed by atoms with E-state index < -0.39 is 5.41 Å². The van der Waals surface area contributed by atoms with E-state index in [0.29, 0.717) is 17.1 Å². The highest BCUT2D eigenvalue weighted by molar-refractivity contribution is 6.33. The van der Waals surface area contributed by atoms with Crippen LogP contribution in [0.3, 0.4) is 0 Å². The van der Waals surface area contributed by atoms with Gasteiger partial charge < -0.3 is 10.6 Å². The van der Waals surface area contributed by atoms with Crippen LogP contribution in [-0.2, 0) is 4.79 Å². The second kappa shape index (κ2) is 4.61. The molecule has 1 fully saturated rings. The van der Waals surface area contributed by atoms with Gasteiger partial charge >= 0.3 is 0 Å². The Morgan fingerprint density at radius 1 is 1.56 bits per heavy atom. The normalized spacial score (nSPS) is 23.1. The fourth-order valence-electron chi connectivity index (χ4n) is 2.19. The molecule has 5 heteroatoms. The number of halogens is 1. The lowest BCUT2D eigenvalue weighted by molar-refractivity contribution is -0.125. The number of nitrogens with zero attached hydrogens (tertiary/aromatic N) is 1. The van der Waals surface area contributed by atoms with E-state index >= 15 is 0 Å². The van der Waals surface area contributed by atoms with Gasteiger partial charge in [-0.1, -0.05) is 11.6 Å². The largest absolute Gasteiger partial charge is 0.370 e. The summed E-state index contributed by atoms with van der Waals surface area (Å²) in [4.78, 5) is 24.1. The number of hydrogen-bond donors (Lipinski definition) is 1. The molecule has 1 heterocycles. The molecule has 1 unspecified atom stereocenters. The van der Waals surface area contributed by atoms with E-state index in [0.717, 1.165) is 24.9 Å². The Morgan fingerprint density at radius 3 is 2.78 bits per heavy atom. The Balaban J connectivity index is 2.22. The van der Waals surface area contributed by atoms with Gasteiger partial charge in [0.15, 0.2) is 6.29 Å². The zero-order chi connectivity index (χ0) is 13.3. The van der Waals surface area contributed by atoms with Crippen molar-refractivity contribution in [3.05, 3.63) is 28.8 Å². The SMILES string of the molecule is CC1(C(N)=O)CCN(c2ccc(C=O)c(Cl)c2)C1. The minimum atomic E-state index is -0.490. The molecule has 0 spiro atoms. The van der Waals surface area contributed by atoms with Crippen molar-refractivity contribution in [1.29, 1.82) is 0 Å². The van der Waals surface area contributed by atoms with Crippen molar-refractivity contribution in [2.24, 2.45) is 11.1 Å².